The lowest BCUT2D eigenvalue weighted by molar-refractivity contribution is -0.274. The van der Waals surface area contributed by atoms with Gasteiger partial charge in [-0.1, -0.05) is 48.6 Å². The molecule has 0 fully saturated rings. The zero-order valence-electron chi connectivity index (χ0n) is 21.2. The highest BCUT2D eigenvalue weighted by molar-refractivity contribution is 7.80. The summed E-state index contributed by atoms with van der Waals surface area (Å²) in [7, 11) is 0. The summed E-state index contributed by atoms with van der Waals surface area (Å²) in [4.78, 5) is 2.05. The van der Waals surface area contributed by atoms with Gasteiger partial charge < -0.3 is 15.0 Å². The average molecular weight is 547 g/mol. The lowest BCUT2D eigenvalue weighted by atomic mass is 9.97. The van der Waals surface area contributed by atoms with Gasteiger partial charge in [-0.2, -0.15) is 5.10 Å². The number of thiocarbonyl (C=S) groups is 1. The predicted octanol–water partition coefficient (Wildman–Crippen LogP) is 7.84. The number of para-hydroxylation sites is 1. The molecular formula is C30H25F3N4OS. The number of hydrogen-bond acceptors (Lipinski definition) is 4. The van der Waals surface area contributed by atoms with Crippen LogP contribution >= 0.6 is 12.2 Å². The quantitative estimate of drug-likeness (QED) is 0.152. The van der Waals surface area contributed by atoms with Crippen LogP contribution in [0.5, 0.6) is 5.75 Å². The molecule has 0 amide bonds. The highest BCUT2D eigenvalue weighted by Gasteiger charge is 2.31. The summed E-state index contributed by atoms with van der Waals surface area (Å²) in [5.41, 5.74) is 9.72. The first-order valence-electron chi connectivity index (χ1n) is 12.2. The monoisotopic (exact) mass is 546 g/mol. The molecule has 0 radical (unpaired) electrons. The first-order valence-corrected chi connectivity index (χ1v) is 12.6. The summed E-state index contributed by atoms with van der Waals surface area (Å²) >= 11 is 5.39. The molecule has 1 aliphatic rings. The van der Waals surface area contributed by atoms with Gasteiger partial charge in [-0.05, 0) is 89.9 Å². The van der Waals surface area contributed by atoms with Crippen LogP contribution in [-0.4, -0.2) is 24.2 Å². The van der Waals surface area contributed by atoms with Crippen LogP contribution in [0.3, 0.4) is 0 Å². The largest absolute Gasteiger partial charge is 0.573 e. The fourth-order valence-electron chi connectivity index (χ4n) is 4.62. The number of halogens is 3. The van der Waals surface area contributed by atoms with Crippen molar-refractivity contribution in [2.24, 2.45) is 5.10 Å². The number of hydrazone groups is 1. The van der Waals surface area contributed by atoms with Crippen LogP contribution in [0, 0.1) is 13.8 Å². The van der Waals surface area contributed by atoms with Gasteiger partial charge in [-0.25, -0.2) is 0 Å². The molecule has 0 spiro atoms. The molecule has 0 aromatic heterocycles. The van der Waals surface area contributed by atoms with Gasteiger partial charge in [-0.15, -0.1) is 13.2 Å². The number of fused-ring (bicyclic) bond motifs is 3. The Kier molecular flexibility index (Phi) is 7.26. The van der Waals surface area contributed by atoms with E-state index < -0.39 is 6.36 Å². The molecule has 0 aliphatic carbocycles. The molecule has 0 bridgehead atoms. The maximum atomic E-state index is 12.5. The standard InChI is InChI=1S/C30H25F3N4OS/c1-19-5-3-6-20(2)28(19)35-29(39)36-34-18-21-8-14-25-22(17-21)9-15-27-26(25)7-4-16-37(27)23-10-12-24(13-11-23)38-30(31,32)33/h3-15,17-18H,16H2,1-2H3,(H2,35,36,39)/b34-18+. The van der Waals surface area contributed by atoms with E-state index in [0.29, 0.717) is 11.7 Å². The minimum atomic E-state index is -4.72. The molecule has 198 valence electrons. The molecule has 4 aromatic rings. The molecule has 0 unspecified atom stereocenters. The fraction of sp³-hybridized carbons (Fsp3) is 0.133. The first kappa shape index (κ1) is 26.2. The normalized spacial score (nSPS) is 13.0. The van der Waals surface area contributed by atoms with Gasteiger partial charge in [0.25, 0.3) is 0 Å². The molecule has 39 heavy (non-hydrogen) atoms. The number of alkyl halides is 3. The van der Waals surface area contributed by atoms with Gasteiger partial charge in [0.05, 0.1) is 6.21 Å². The zero-order chi connectivity index (χ0) is 27.6. The van der Waals surface area contributed by atoms with Gasteiger partial charge >= 0.3 is 6.36 Å². The van der Waals surface area contributed by atoms with Crippen molar-refractivity contribution in [1.82, 2.24) is 5.43 Å². The Labute approximate surface area is 229 Å². The number of anilines is 3. The number of aryl methyl sites for hydroxylation is 2. The molecule has 0 saturated heterocycles. The highest BCUT2D eigenvalue weighted by atomic mass is 32.1. The summed E-state index contributed by atoms with van der Waals surface area (Å²) < 4.78 is 41.6. The van der Waals surface area contributed by atoms with Crippen LogP contribution in [0.4, 0.5) is 30.2 Å². The number of nitrogens with one attached hydrogen (secondary N) is 2. The number of benzene rings is 4. The third-order valence-electron chi connectivity index (χ3n) is 6.41. The smallest absolute Gasteiger partial charge is 0.406 e. The Balaban J connectivity index is 1.31. The van der Waals surface area contributed by atoms with Gasteiger partial charge in [0.15, 0.2) is 5.11 Å². The van der Waals surface area contributed by atoms with Gasteiger partial charge in [0, 0.05) is 29.2 Å². The van der Waals surface area contributed by atoms with E-state index in [1.165, 1.54) is 12.1 Å². The Morgan fingerprint density at radius 1 is 1.00 bits per heavy atom. The minimum Gasteiger partial charge on any atom is -0.406 e. The minimum absolute atomic E-state index is 0.247. The van der Waals surface area contributed by atoms with Gasteiger partial charge in [0.2, 0.25) is 0 Å². The van der Waals surface area contributed by atoms with E-state index in [9.17, 15) is 13.2 Å². The van der Waals surface area contributed by atoms with Crippen molar-refractivity contribution < 1.29 is 17.9 Å². The summed E-state index contributed by atoms with van der Waals surface area (Å²) in [6.45, 7) is 4.64. The van der Waals surface area contributed by atoms with Crippen molar-refractivity contribution >= 4 is 57.5 Å². The lowest BCUT2D eigenvalue weighted by Crippen LogP contribution is -2.24. The third kappa shape index (κ3) is 6.04. The van der Waals surface area contributed by atoms with E-state index in [1.807, 2.05) is 68.5 Å². The Bertz CT molecular complexity index is 1580. The molecule has 5 rings (SSSR count). The van der Waals surface area contributed by atoms with Crippen LogP contribution in [0.25, 0.3) is 16.8 Å². The number of ether oxygens (including phenoxy) is 1. The molecule has 2 N–H and O–H groups in total. The van der Waals surface area contributed by atoms with Crippen LogP contribution in [0.15, 0.2) is 84.0 Å². The molecule has 1 aliphatic heterocycles. The van der Waals surface area contributed by atoms with Crippen molar-refractivity contribution in [3.8, 4) is 5.75 Å². The van der Waals surface area contributed by atoms with E-state index in [1.54, 1.807) is 18.3 Å². The maximum Gasteiger partial charge on any atom is 0.573 e. The second kappa shape index (κ2) is 10.8. The third-order valence-corrected chi connectivity index (χ3v) is 6.60. The van der Waals surface area contributed by atoms with Crippen molar-refractivity contribution in [2.45, 2.75) is 20.2 Å². The Morgan fingerprint density at radius 3 is 2.46 bits per heavy atom. The maximum absolute atomic E-state index is 12.5. The molecular weight excluding hydrogens is 521 g/mol. The van der Waals surface area contributed by atoms with E-state index in [4.69, 9.17) is 12.2 Å². The number of rotatable bonds is 5. The molecule has 9 heteroatoms. The van der Waals surface area contributed by atoms with E-state index in [-0.39, 0.29) is 5.75 Å². The summed E-state index contributed by atoms with van der Waals surface area (Å²) in [6, 6.07) is 22.0. The number of nitrogens with zero attached hydrogens (tertiary/aromatic N) is 2. The van der Waals surface area contributed by atoms with E-state index in [2.05, 4.69) is 31.6 Å². The SMILES string of the molecule is Cc1cccc(C)c1NC(=S)N/N=C/c1ccc2c3c(ccc2c1)N(c1ccc(OC(F)(F)F)cc1)CC=C3. The van der Waals surface area contributed by atoms with Gasteiger partial charge in [0.1, 0.15) is 5.75 Å². The van der Waals surface area contributed by atoms with Crippen LogP contribution < -0.4 is 20.4 Å². The number of hydrogen-bond donors (Lipinski definition) is 2. The van der Waals surface area contributed by atoms with Crippen LogP contribution in [-0.2, 0) is 0 Å². The first-order chi connectivity index (χ1) is 18.7. The van der Waals surface area contributed by atoms with Crippen molar-refractivity contribution in [2.75, 3.05) is 16.8 Å². The van der Waals surface area contributed by atoms with Crippen molar-refractivity contribution in [1.29, 1.82) is 0 Å². The fourth-order valence-corrected chi connectivity index (χ4v) is 4.77. The predicted molar refractivity (Wildman–Crippen MR) is 156 cm³/mol. The molecule has 0 saturated carbocycles. The van der Waals surface area contributed by atoms with E-state index >= 15 is 0 Å². The Hall–Kier alpha value is -4.37. The molecule has 4 aromatic carbocycles. The van der Waals surface area contributed by atoms with Crippen molar-refractivity contribution in [3.05, 3.63) is 101 Å². The van der Waals surface area contributed by atoms with Crippen LogP contribution in [0.2, 0.25) is 0 Å². The second-order valence-electron chi connectivity index (χ2n) is 9.12. The van der Waals surface area contributed by atoms with Crippen LogP contribution in [0.1, 0.15) is 22.3 Å². The van der Waals surface area contributed by atoms with Crippen molar-refractivity contribution in [3.63, 3.8) is 0 Å². The summed E-state index contributed by atoms with van der Waals surface area (Å²) in [5.74, 6) is -0.247. The van der Waals surface area contributed by atoms with Gasteiger partial charge in [-0.3, -0.25) is 5.43 Å². The zero-order valence-corrected chi connectivity index (χ0v) is 22.0. The molecule has 1 heterocycles. The Morgan fingerprint density at radius 2 is 1.74 bits per heavy atom. The highest BCUT2D eigenvalue weighted by Crippen LogP contribution is 2.38. The summed E-state index contributed by atoms with van der Waals surface area (Å²) in [6.07, 6.45) is 1.10. The molecule has 5 nitrogen and oxygen atoms in total. The van der Waals surface area contributed by atoms with E-state index in [0.717, 1.165) is 50.1 Å². The topological polar surface area (TPSA) is 48.9 Å². The lowest BCUT2D eigenvalue weighted by Gasteiger charge is -2.29. The second-order valence-corrected chi connectivity index (χ2v) is 9.53. The summed E-state index contributed by atoms with van der Waals surface area (Å²) in [5, 5.41) is 9.99. The molecule has 0 atom stereocenters. The average Bonchev–Trinajstić information content (AvgIpc) is 2.90.